The number of rotatable bonds is 6. The fraction of sp³-hybridized carbons (Fsp3) is 0.481. The third kappa shape index (κ3) is 4.97. The summed E-state index contributed by atoms with van der Waals surface area (Å²) < 4.78 is 0. The van der Waals surface area contributed by atoms with E-state index in [1.165, 1.54) is 31.2 Å². The molecule has 5 rings (SSSR count). The van der Waals surface area contributed by atoms with Crippen molar-refractivity contribution in [1.29, 1.82) is 0 Å². The zero-order valence-corrected chi connectivity index (χ0v) is 19.5. The molecular formula is C27H35N5O. The van der Waals surface area contributed by atoms with Crippen LogP contribution in [0.5, 0.6) is 0 Å². The number of H-pyrrole nitrogens is 1. The van der Waals surface area contributed by atoms with Gasteiger partial charge in [0.15, 0.2) is 0 Å². The molecule has 6 nitrogen and oxygen atoms in total. The first-order chi connectivity index (χ1) is 16.2. The summed E-state index contributed by atoms with van der Waals surface area (Å²) in [5, 5.41) is 3.14. The maximum absolute atomic E-state index is 12.9. The van der Waals surface area contributed by atoms with Crippen molar-refractivity contribution in [1.82, 2.24) is 25.1 Å². The molecule has 33 heavy (non-hydrogen) atoms. The molecule has 6 heteroatoms. The van der Waals surface area contributed by atoms with Gasteiger partial charge in [0.2, 0.25) is 5.91 Å². The Morgan fingerprint density at radius 1 is 1.09 bits per heavy atom. The predicted molar refractivity (Wildman–Crippen MR) is 132 cm³/mol. The average molecular weight is 446 g/mol. The van der Waals surface area contributed by atoms with Gasteiger partial charge in [0, 0.05) is 37.5 Å². The Morgan fingerprint density at radius 3 is 2.76 bits per heavy atom. The summed E-state index contributed by atoms with van der Waals surface area (Å²) in [5.74, 6) is 1.48. The SMILES string of the molecule is CN1CCCCC[C@H]2[C@@H]1[C@H](c1ccccc1)CN2CC(=O)NCCc1nc2ccccc2[nH]1. The van der Waals surface area contributed by atoms with Crippen LogP contribution < -0.4 is 5.32 Å². The average Bonchev–Trinajstić information content (AvgIpc) is 3.38. The molecule has 1 amide bonds. The van der Waals surface area contributed by atoms with Crippen LogP contribution in [0.4, 0.5) is 0 Å². The highest BCUT2D eigenvalue weighted by Crippen LogP contribution is 2.38. The standard InChI is InChI=1S/C27H35N5O/c1-31-17-9-3-6-14-24-27(31)21(20-10-4-2-5-11-20)18-32(24)19-26(33)28-16-15-25-29-22-12-7-8-13-23(22)30-25/h2,4-5,7-8,10-13,21,24,27H,3,6,9,14-19H2,1H3,(H,28,33)(H,29,30)/t21-,24-,27-/m0/s1. The van der Waals surface area contributed by atoms with Gasteiger partial charge in [-0.3, -0.25) is 9.69 Å². The number of aromatic nitrogens is 2. The highest BCUT2D eigenvalue weighted by molar-refractivity contribution is 5.78. The highest BCUT2D eigenvalue weighted by atomic mass is 16.2. The Labute approximate surface area is 196 Å². The van der Waals surface area contributed by atoms with Crippen molar-refractivity contribution in [3.63, 3.8) is 0 Å². The summed E-state index contributed by atoms with van der Waals surface area (Å²) >= 11 is 0. The zero-order valence-electron chi connectivity index (χ0n) is 19.5. The molecule has 0 radical (unpaired) electrons. The van der Waals surface area contributed by atoms with E-state index in [1.807, 2.05) is 24.3 Å². The predicted octanol–water partition coefficient (Wildman–Crippen LogP) is 3.56. The first kappa shape index (κ1) is 22.1. The molecule has 0 unspecified atom stereocenters. The molecule has 0 bridgehead atoms. The molecule has 0 aliphatic carbocycles. The van der Waals surface area contributed by atoms with E-state index < -0.39 is 0 Å². The summed E-state index contributed by atoms with van der Waals surface area (Å²) in [6.07, 6.45) is 5.68. The first-order valence-electron chi connectivity index (χ1n) is 12.4. The van der Waals surface area contributed by atoms with Crippen LogP contribution in [0.3, 0.4) is 0 Å². The van der Waals surface area contributed by atoms with Gasteiger partial charge < -0.3 is 15.2 Å². The van der Waals surface area contributed by atoms with Crippen LogP contribution in [0.1, 0.15) is 43.0 Å². The molecule has 0 saturated carbocycles. The summed E-state index contributed by atoms with van der Waals surface area (Å²) in [6, 6.07) is 19.8. The number of hydrogen-bond acceptors (Lipinski definition) is 4. The molecule has 2 saturated heterocycles. The number of likely N-dealkylation sites (tertiary alicyclic amines) is 2. The van der Waals surface area contributed by atoms with Gasteiger partial charge in [0.05, 0.1) is 17.6 Å². The normalized spacial score (nSPS) is 24.3. The van der Waals surface area contributed by atoms with E-state index in [2.05, 4.69) is 62.5 Å². The minimum atomic E-state index is 0.114. The van der Waals surface area contributed by atoms with Gasteiger partial charge in [-0.1, -0.05) is 55.3 Å². The number of likely N-dealkylation sites (N-methyl/N-ethyl adjacent to an activating group) is 1. The molecule has 2 aliphatic rings. The number of benzene rings is 2. The van der Waals surface area contributed by atoms with E-state index in [4.69, 9.17) is 0 Å². The smallest absolute Gasteiger partial charge is 0.234 e. The third-order valence-electron chi connectivity index (χ3n) is 7.42. The number of carbonyl (C=O) groups is 1. The Morgan fingerprint density at radius 2 is 1.91 bits per heavy atom. The van der Waals surface area contributed by atoms with Gasteiger partial charge in [0.25, 0.3) is 0 Å². The van der Waals surface area contributed by atoms with Crippen LogP contribution in [0.2, 0.25) is 0 Å². The van der Waals surface area contributed by atoms with Crippen molar-refractivity contribution >= 4 is 16.9 Å². The molecule has 3 atom stereocenters. The molecule has 2 fully saturated rings. The number of hydrogen-bond donors (Lipinski definition) is 2. The second-order valence-corrected chi connectivity index (χ2v) is 9.64. The van der Waals surface area contributed by atoms with Gasteiger partial charge in [0.1, 0.15) is 5.82 Å². The van der Waals surface area contributed by atoms with E-state index >= 15 is 0 Å². The van der Waals surface area contributed by atoms with Gasteiger partial charge in [-0.25, -0.2) is 4.98 Å². The highest BCUT2D eigenvalue weighted by Gasteiger charge is 2.44. The molecule has 1 aromatic heterocycles. The maximum Gasteiger partial charge on any atom is 0.234 e. The van der Waals surface area contributed by atoms with Crippen molar-refractivity contribution in [3.05, 3.63) is 66.0 Å². The minimum absolute atomic E-state index is 0.114. The van der Waals surface area contributed by atoms with E-state index in [0.29, 0.717) is 37.5 Å². The lowest BCUT2D eigenvalue weighted by molar-refractivity contribution is -0.122. The molecule has 2 aromatic carbocycles. The lowest BCUT2D eigenvalue weighted by Crippen LogP contribution is -2.48. The Kier molecular flexibility index (Phi) is 6.74. The van der Waals surface area contributed by atoms with Crippen molar-refractivity contribution < 1.29 is 4.79 Å². The first-order valence-corrected chi connectivity index (χ1v) is 12.4. The van der Waals surface area contributed by atoms with E-state index in [9.17, 15) is 4.79 Å². The number of imidazole rings is 1. The Hall–Kier alpha value is -2.70. The van der Waals surface area contributed by atoms with Gasteiger partial charge >= 0.3 is 0 Å². The summed E-state index contributed by atoms with van der Waals surface area (Å²) in [5.41, 5.74) is 3.41. The maximum atomic E-state index is 12.9. The van der Waals surface area contributed by atoms with Crippen LogP contribution in [-0.2, 0) is 11.2 Å². The van der Waals surface area contributed by atoms with E-state index in [1.54, 1.807) is 0 Å². The van der Waals surface area contributed by atoms with Crippen LogP contribution in [0, 0.1) is 0 Å². The summed E-state index contributed by atoms with van der Waals surface area (Å²) in [7, 11) is 2.27. The number of fused-ring (bicyclic) bond motifs is 2. The van der Waals surface area contributed by atoms with E-state index in [0.717, 1.165) is 29.9 Å². The summed E-state index contributed by atoms with van der Waals surface area (Å²) in [4.78, 5) is 25.9. The van der Waals surface area contributed by atoms with Crippen molar-refractivity contribution in [2.45, 2.75) is 50.1 Å². The largest absolute Gasteiger partial charge is 0.355 e. The second kappa shape index (κ2) is 10.1. The molecule has 0 spiro atoms. The number of para-hydroxylation sites is 2. The van der Waals surface area contributed by atoms with Gasteiger partial charge in [-0.2, -0.15) is 0 Å². The quantitative estimate of drug-likeness (QED) is 0.609. The zero-order chi connectivity index (χ0) is 22.6. The Balaban J connectivity index is 1.23. The monoisotopic (exact) mass is 445 g/mol. The Bertz CT molecular complexity index is 1030. The molecule has 3 aromatic rings. The van der Waals surface area contributed by atoms with Crippen LogP contribution in [0.25, 0.3) is 11.0 Å². The van der Waals surface area contributed by atoms with Gasteiger partial charge in [-0.15, -0.1) is 0 Å². The number of carbonyl (C=O) groups excluding carboxylic acids is 1. The van der Waals surface area contributed by atoms with Gasteiger partial charge in [-0.05, 0) is 44.1 Å². The molecule has 2 aliphatic heterocycles. The lowest BCUT2D eigenvalue weighted by Gasteiger charge is -2.37. The van der Waals surface area contributed by atoms with Crippen molar-refractivity contribution in [2.75, 3.05) is 33.2 Å². The topological polar surface area (TPSA) is 64.3 Å². The fourth-order valence-electron chi connectivity index (χ4n) is 5.84. The molecule has 3 heterocycles. The van der Waals surface area contributed by atoms with Crippen LogP contribution >= 0.6 is 0 Å². The number of aromatic amines is 1. The molecular weight excluding hydrogens is 410 g/mol. The fourth-order valence-corrected chi connectivity index (χ4v) is 5.84. The van der Waals surface area contributed by atoms with Crippen molar-refractivity contribution in [3.8, 4) is 0 Å². The number of nitrogens with one attached hydrogen (secondary N) is 2. The molecule has 2 N–H and O–H groups in total. The van der Waals surface area contributed by atoms with E-state index in [-0.39, 0.29) is 5.91 Å². The second-order valence-electron chi connectivity index (χ2n) is 9.64. The van der Waals surface area contributed by atoms with Crippen molar-refractivity contribution in [2.24, 2.45) is 0 Å². The van der Waals surface area contributed by atoms with Crippen LogP contribution in [-0.4, -0.2) is 71.0 Å². The molecule has 174 valence electrons. The van der Waals surface area contributed by atoms with Crippen LogP contribution in [0.15, 0.2) is 54.6 Å². The number of nitrogens with zero attached hydrogens (tertiary/aromatic N) is 3. The lowest BCUT2D eigenvalue weighted by atomic mass is 9.87. The number of amides is 1. The minimum Gasteiger partial charge on any atom is -0.355 e. The third-order valence-corrected chi connectivity index (χ3v) is 7.42. The summed E-state index contributed by atoms with van der Waals surface area (Å²) in [6.45, 7) is 3.16.